The maximum absolute atomic E-state index is 13.6. The summed E-state index contributed by atoms with van der Waals surface area (Å²) in [6.45, 7) is 0. The van der Waals surface area contributed by atoms with Crippen molar-refractivity contribution in [3.05, 3.63) is 65.6 Å². The molecule has 0 aliphatic carbocycles. The number of hydrazone groups is 1. The predicted molar refractivity (Wildman–Crippen MR) is 98.9 cm³/mol. The number of aromatic nitrogens is 2. The zero-order valence-electron chi connectivity index (χ0n) is 14.2. The van der Waals surface area contributed by atoms with E-state index in [1.54, 1.807) is 6.07 Å². The molecular weight excluding hydrogens is 376 g/mol. The maximum atomic E-state index is 13.6. The smallest absolute Gasteiger partial charge is 0.399 e. The highest BCUT2D eigenvalue weighted by molar-refractivity contribution is 5.81. The molecule has 0 saturated heterocycles. The van der Waals surface area contributed by atoms with Gasteiger partial charge in [0.05, 0.1) is 11.9 Å². The number of rotatable bonds is 4. The van der Waals surface area contributed by atoms with Gasteiger partial charge >= 0.3 is 6.18 Å². The van der Waals surface area contributed by atoms with E-state index in [0.29, 0.717) is 11.9 Å². The Bertz CT molecular complexity index is 1030. The van der Waals surface area contributed by atoms with E-state index in [0.717, 1.165) is 6.21 Å². The number of hydrogen-bond acceptors (Lipinski definition) is 6. The van der Waals surface area contributed by atoms with Crippen molar-refractivity contribution in [1.82, 2.24) is 9.97 Å². The van der Waals surface area contributed by atoms with Crippen LogP contribution in [0.2, 0.25) is 0 Å². The van der Waals surface area contributed by atoms with Gasteiger partial charge < -0.3 is 11.5 Å². The van der Waals surface area contributed by atoms with E-state index in [4.69, 9.17) is 11.5 Å². The van der Waals surface area contributed by atoms with E-state index in [-0.39, 0.29) is 22.8 Å². The van der Waals surface area contributed by atoms with E-state index in [9.17, 15) is 17.6 Å². The maximum Gasteiger partial charge on any atom is 0.419 e. The van der Waals surface area contributed by atoms with Gasteiger partial charge in [-0.05, 0) is 24.3 Å². The van der Waals surface area contributed by atoms with Crippen molar-refractivity contribution in [2.45, 2.75) is 6.18 Å². The molecule has 0 atom stereocenters. The van der Waals surface area contributed by atoms with Crippen LogP contribution in [-0.4, -0.2) is 16.2 Å². The van der Waals surface area contributed by atoms with Gasteiger partial charge in [-0.2, -0.15) is 18.3 Å². The summed E-state index contributed by atoms with van der Waals surface area (Å²) in [6.07, 6.45) is -2.91. The Hall–Kier alpha value is -3.69. The molecule has 0 amide bonds. The van der Waals surface area contributed by atoms with Gasteiger partial charge in [-0.1, -0.05) is 18.2 Å². The molecule has 0 spiro atoms. The fraction of sp³-hybridized carbons (Fsp3) is 0.0556. The molecule has 0 fully saturated rings. The summed E-state index contributed by atoms with van der Waals surface area (Å²) < 4.78 is 53.6. The SMILES string of the molecule is Nc1ccc(-c2nc(NN=Cc3ccccc3F)ncc2C(F)(F)F)c(N)c1. The molecule has 0 saturated carbocycles. The van der Waals surface area contributed by atoms with Gasteiger partial charge in [0, 0.05) is 28.7 Å². The number of alkyl halides is 3. The molecule has 2 aromatic carbocycles. The molecule has 5 N–H and O–H groups in total. The normalized spacial score (nSPS) is 11.7. The number of nitrogen functional groups attached to an aromatic ring is 2. The topological polar surface area (TPSA) is 102 Å². The van der Waals surface area contributed by atoms with Gasteiger partial charge in [0.25, 0.3) is 0 Å². The van der Waals surface area contributed by atoms with Crippen LogP contribution in [-0.2, 0) is 6.18 Å². The second-order valence-corrected chi connectivity index (χ2v) is 5.69. The molecule has 6 nitrogen and oxygen atoms in total. The van der Waals surface area contributed by atoms with Gasteiger partial charge in [0.1, 0.15) is 11.4 Å². The molecule has 0 bridgehead atoms. The predicted octanol–water partition coefficient (Wildman–Crippen LogP) is 3.91. The Labute approximate surface area is 156 Å². The van der Waals surface area contributed by atoms with Crippen molar-refractivity contribution < 1.29 is 17.6 Å². The first kappa shape index (κ1) is 19.1. The monoisotopic (exact) mass is 390 g/mol. The average Bonchev–Trinajstić information content (AvgIpc) is 2.62. The summed E-state index contributed by atoms with van der Waals surface area (Å²) in [6, 6.07) is 9.95. The molecule has 0 unspecified atom stereocenters. The molecule has 1 aromatic heterocycles. The third kappa shape index (κ3) is 4.17. The zero-order chi connectivity index (χ0) is 20.3. The van der Waals surface area contributed by atoms with Crippen LogP contribution in [0.1, 0.15) is 11.1 Å². The van der Waals surface area contributed by atoms with Crippen LogP contribution < -0.4 is 16.9 Å². The molecule has 0 aliphatic heterocycles. The zero-order valence-corrected chi connectivity index (χ0v) is 14.2. The Kier molecular flexibility index (Phi) is 5.12. The number of nitrogens with two attached hydrogens (primary N) is 2. The highest BCUT2D eigenvalue weighted by Gasteiger charge is 2.36. The number of nitrogens with zero attached hydrogens (tertiary/aromatic N) is 3. The first-order chi connectivity index (χ1) is 13.3. The third-order valence-corrected chi connectivity index (χ3v) is 3.70. The number of nitrogens with one attached hydrogen (secondary N) is 1. The van der Waals surface area contributed by atoms with E-state index in [1.807, 2.05) is 0 Å². The summed E-state index contributed by atoms with van der Waals surface area (Å²) in [5, 5.41) is 3.76. The number of hydrogen-bond donors (Lipinski definition) is 3. The number of anilines is 3. The average molecular weight is 390 g/mol. The van der Waals surface area contributed by atoms with Crippen molar-refractivity contribution in [2.24, 2.45) is 5.10 Å². The van der Waals surface area contributed by atoms with E-state index in [1.165, 1.54) is 36.4 Å². The van der Waals surface area contributed by atoms with Crippen LogP contribution in [0.5, 0.6) is 0 Å². The van der Waals surface area contributed by atoms with Gasteiger partial charge in [0.15, 0.2) is 0 Å². The van der Waals surface area contributed by atoms with Crippen molar-refractivity contribution in [2.75, 3.05) is 16.9 Å². The standard InChI is InChI=1S/C18H14F4N6/c19-14-4-2-1-3-10(14)8-26-28-17-25-9-13(18(20,21)22)16(27-17)12-6-5-11(23)7-15(12)24/h1-9H,23-24H2,(H,25,27,28). The lowest BCUT2D eigenvalue weighted by Crippen LogP contribution is -2.11. The molecule has 3 aromatic rings. The van der Waals surface area contributed by atoms with Crippen LogP contribution in [0.4, 0.5) is 34.9 Å². The molecule has 10 heteroatoms. The Morgan fingerprint density at radius 2 is 1.82 bits per heavy atom. The first-order valence-corrected chi connectivity index (χ1v) is 7.89. The highest BCUT2D eigenvalue weighted by Crippen LogP contribution is 2.38. The molecular formula is C18H14F4N6. The van der Waals surface area contributed by atoms with Crippen LogP contribution in [0, 0.1) is 5.82 Å². The first-order valence-electron chi connectivity index (χ1n) is 7.89. The lowest BCUT2D eigenvalue weighted by Gasteiger charge is -2.14. The summed E-state index contributed by atoms with van der Waals surface area (Å²) >= 11 is 0. The molecule has 1 heterocycles. The molecule has 28 heavy (non-hydrogen) atoms. The lowest BCUT2D eigenvalue weighted by atomic mass is 10.0. The Balaban J connectivity index is 1.97. The quantitative estimate of drug-likeness (QED) is 0.271. The fourth-order valence-electron chi connectivity index (χ4n) is 2.38. The molecule has 3 rings (SSSR count). The minimum absolute atomic E-state index is 0.0324. The van der Waals surface area contributed by atoms with Gasteiger partial charge in [-0.25, -0.2) is 19.8 Å². The second-order valence-electron chi connectivity index (χ2n) is 5.69. The number of benzene rings is 2. The molecule has 0 aliphatic rings. The third-order valence-electron chi connectivity index (χ3n) is 3.70. The van der Waals surface area contributed by atoms with Crippen LogP contribution in [0.15, 0.2) is 53.8 Å². The largest absolute Gasteiger partial charge is 0.419 e. The van der Waals surface area contributed by atoms with Gasteiger partial charge in [-0.15, -0.1) is 0 Å². The Morgan fingerprint density at radius 3 is 2.50 bits per heavy atom. The summed E-state index contributed by atoms with van der Waals surface area (Å²) in [4.78, 5) is 7.50. The molecule has 0 radical (unpaired) electrons. The van der Waals surface area contributed by atoms with Crippen LogP contribution in [0.25, 0.3) is 11.3 Å². The minimum Gasteiger partial charge on any atom is -0.399 e. The van der Waals surface area contributed by atoms with Gasteiger partial charge in [0.2, 0.25) is 5.95 Å². The number of halogens is 4. The van der Waals surface area contributed by atoms with Crippen LogP contribution in [0.3, 0.4) is 0 Å². The van der Waals surface area contributed by atoms with E-state index in [2.05, 4.69) is 20.5 Å². The lowest BCUT2D eigenvalue weighted by molar-refractivity contribution is -0.137. The van der Waals surface area contributed by atoms with Crippen molar-refractivity contribution in [3.8, 4) is 11.3 Å². The highest BCUT2D eigenvalue weighted by atomic mass is 19.4. The Morgan fingerprint density at radius 1 is 1.07 bits per heavy atom. The minimum atomic E-state index is -4.70. The summed E-state index contributed by atoms with van der Waals surface area (Å²) in [5.74, 6) is -0.719. The summed E-state index contributed by atoms with van der Waals surface area (Å²) in [5.41, 5.74) is 12.9. The van der Waals surface area contributed by atoms with E-state index < -0.39 is 23.3 Å². The molecule has 144 valence electrons. The van der Waals surface area contributed by atoms with Gasteiger partial charge in [-0.3, -0.25) is 0 Å². The van der Waals surface area contributed by atoms with Crippen molar-refractivity contribution in [3.63, 3.8) is 0 Å². The second kappa shape index (κ2) is 7.51. The van der Waals surface area contributed by atoms with Crippen molar-refractivity contribution >= 4 is 23.5 Å². The van der Waals surface area contributed by atoms with E-state index >= 15 is 0 Å². The van der Waals surface area contributed by atoms with Crippen molar-refractivity contribution in [1.29, 1.82) is 0 Å². The van der Waals surface area contributed by atoms with Crippen LogP contribution >= 0.6 is 0 Å². The fourth-order valence-corrected chi connectivity index (χ4v) is 2.38. The summed E-state index contributed by atoms with van der Waals surface area (Å²) in [7, 11) is 0.